The highest BCUT2D eigenvalue weighted by Gasteiger charge is 2.14. The molecule has 0 unspecified atom stereocenters. The Morgan fingerprint density at radius 2 is 2.11 bits per heavy atom. The van der Waals surface area contributed by atoms with Crippen LogP contribution >= 0.6 is 11.6 Å². The van der Waals surface area contributed by atoms with Crippen molar-refractivity contribution in [3.63, 3.8) is 0 Å². The maximum Gasteiger partial charge on any atom is 0.150 e. The van der Waals surface area contributed by atoms with Crippen LogP contribution in [0.2, 0.25) is 5.02 Å². The Morgan fingerprint density at radius 1 is 1.37 bits per heavy atom. The molecule has 0 bridgehead atoms. The lowest BCUT2D eigenvalue weighted by Gasteiger charge is -2.20. The molecule has 0 fully saturated rings. The Hall–Kier alpha value is -1.46. The second-order valence-electron chi connectivity index (χ2n) is 5.34. The lowest BCUT2D eigenvalue weighted by molar-refractivity contribution is 0.418. The van der Waals surface area contributed by atoms with Crippen LogP contribution in [0.3, 0.4) is 0 Å². The minimum absolute atomic E-state index is 0.0341. The molecule has 4 nitrogen and oxygen atoms in total. The number of hydrogen-bond donors (Lipinski definition) is 1. The largest absolute Gasteiger partial charge is 0.306 e. The van der Waals surface area contributed by atoms with Crippen LogP contribution in [0.15, 0.2) is 24.4 Å². The molecule has 1 heterocycles. The van der Waals surface area contributed by atoms with Gasteiger partial charge in [0.1, 0.15) is 11.5 Å². The van der Waals surface area contributed by atoms with Crippen LogP contribution in [0.4, 0.5) is 4.39 Å². The molecule has 0 saturated heterocycles. The molecule has 2 rings (SSSR count). The number of nitrogens with one attached hydrogen (secondary N) is 1. The predicted molar refractivity (Wildman–Crippen MR) is 72.9 cm³/mol. The Balaban J connectivity index is 2.28. The zero-order valence-corrected chi connectivity index (χ0v) is 11.9. The monoisotopic (exact) mass is 282 g/mol. The summed E-state index contributed by atoms with van der Waals surface area (Å²) in [5.41, 5.74) is 1.09. The van der Waals surface area contributed by atoms with E-state index in [-0.39, 0.29) is 5.54 Å². The third kappa shape index (κ3) is 3.52. The molecular weight excluding hydrogens is 267 g/mol. The first-order chi connectivity index (χ1) is 8.87. The van der Waals surface area contributed by atoms with Gasteiger partial charge in [0.05, 0.1) is 11.9 Å². The van der Waals surface area contributed by atoms with Crippen molar-refractivity contribution in [2.45, 2.75) is 32.9 Å². The summed E-state index contributed by atoms with van der Waals surface area (Å²) in [6, 6.07) is 4.48. The highest BCUT2D eigenvalue weighted by Crippen LogP contribution is 2.19. The fraction of sp³-hybridized carbons (Fsp3) is 0.385. The number of rotatable bonds is 3. The highest BCUT2D eigenvalue weighted by atomic mass is 35.5. The summed E-state index contributed by atoms with van der Waals surface area (Å²) >= 11 is 5.74. The molecule has 0 aliphatic rings. The lowest BCUT2D eigenvalue weighted by atomic mass is 10.1. The van der Waals surface area contributed by atoms with Crippen LogP contribution < -0.4 is 5.32 Å². The van der Waals surface area contributed by atoms with E-state index in [1.165, 1.54) is 10.7 Å². The van der Waals surface area contributed by atoms with E-state index in [0.29, 0.717) is 17.3 Å². The third-order valence-corrected chi connectivity index (χ3v) is 2.79. The standard InChI is InChI=1S/C13H16ClFN4/c1-13(2,3)16-7-10-8-17-18-19(10)12-5-4-9(14)6-11(12)15/h4-6,8,16H,7H2,1-3H3. The van der Waals surface area contributed by atoms with Gasteiger partial charge in [0.15, 0.2) is 0 Å². The molecule has 0 amide bonds. The fourth-order valence-electron chi connectivity index (χ4n) is 1.59. The molecule has 19 heavy (non-hydrogen) atoms. The van der Waals surface area contributed by atoms with Crippen LogP contribution in [0.5, 0.6) is 0 Å². The Morgan fingerprint density at radius 3 is 2.74 bits per heavy atom. The van der Waals surface area contributed by atoms with Crippen molar-refractivity contribution < 1.29 is 4.39 Å². The Bertz CT molecular complexity index is 574. The van der Waals surface area contributed by atoms with Gasteiger partial charge in [0.25, 0.3) is 0 Å². The minimum atomic E-state index is -0.421. The molecule has 0 aliphatic heterocycles. The minimum Gasteiger partial charge on any atom is -0.306 e. The first kappa shape index (κ1) is 14.0. The molecule has 0 spiro atoms. The third-order valence-electron chi connectivity index (χ3n) is 2.56. The first-order valence-corrected chi connectivity index (χ1v) is 6.35. The van der Waals surface area contributed by atoms with E-state index in [4.69, 9.17) is 11.6 Å². The van der Waals surface area contributed by atoms with Gasteiger partial charge in [-0.3, -0.25) is 0 Å². The molecular formula is C13H16ClFN4. The fourth-order valence-corrected chi connectivity index (χ4v) is 1.75. The van der Waals surface area contributed by atoms with E-state index < -0.39 is 5.82 Å². The molecule has 0 atom stereocenters. The second-order valence-corrected chi connectivity index (χ2v) is 5.77. The summed E-state index contributed by atoms with van der Waals surface area (Å²) in [6.07, 6.45) is 1.62. The normalized spacial score (nSPS) is 11.8. The van der Waals surface area contributed by atoms with Gasteiger partial charge in [-0.15, -0.1) is 5.10 Å². The molecule has 2 aromatic rings. The van der Waals surface area contributed by atoms with Crippen molar-refractivity contribution >= 4 is 11.6 Å². The molecule has 1 N–H and O–H groups in total. The lowest BCUT2D eigenvalue weighted by Crippen LogP contribution is -2.35. The number of halogens is 2. The maximum absolute atomic E-state index is 13.9. The van der Waals surface area contributed by atoms with E-state index in [1.807, 2.05) is 0 Å². The highest BCUT2D eigenvalue weighted by molar-refractivity contribution is 6.30. The van der Waals surface area contributed by atoms with Crippen molar-refractivity contribution in [2.24, 2.45) is 0 Å². The number of aromatic nitrogens is 3. The van der Waals surface area contributed by atoms with E-state index >= 15 is 0 Å². The van der Waals surface area contributed by atoms with Crippen LogP contribution in [0.25, 0.3) is 5.69 Å². The SMILES string of the molecule is CC(C)(C)NCc1cnnn1-c1ccc(Cl)cc1F. The summed E-state index contributed by atoms with van der Waals surface area (Å²) in [6.45, 7) is 6.73. The Labute approximate surface area is 116 Å². The molecule has 0 radical (unpaired) electrons. The van der Waals surface area contributed by atoms with Crippen LogP contribution in [0, 0.1) is 5.82 Å². The van der Waals surface area contributed by atoms with Gasteiger partial charge in [-0.25, -0.2) is 9.07 Å². The van der Waals surface area contributed by atoms with E-state index in [9.17, 15) is 4.39 Å². The quantitative estimate of drug-likeness (QED) is 0.941. The predicted octanol–water partition coefficient (Wildman–Crippen LogP) is 2.95. The summed E-state index contributed by atoms with van der Waals surface area (Å²) < 4.78 is 15.4. The van der Waals surface area contributed by atoms with Crippen LogP contribution in [0.1, 0.15) is 26.5 Å². The van der Waals surface area contributed by atoms with Gasteiger partial charge in [-0.2, -0.15) is 0 Å². The van der Waals surface area contributed by atoms with Crippen LogP contribution in [-0.4, -0.2) is 20.5 Å². The summed E-state index contributed by atoms with van der Waals surface area (Å²) in [4.78, 5) is 0. The topological polar surface area (TPSA) is 42.7 Å². The zero-order chi connectivity index (χ0) is 14.0. The van der Waals surface area contributed by atoms with E-state index in [0.717, 1.165) is 5.69 Å². The number of hydrogen-bond acceptors (Lipinski definition) is 3. The van der Waals surface area contributed by atoms with Gasteiger partial charge in [0.2, 0.25) is 0 Å². The van der Waals surface area contributed by atoms with Crippen molar-refractivity contribution in [3.8, 4) is 5.69 Å². The molecule has 0 saturated carbocycles. The Kier molecular flexibility index (Phi) is 3.87. The van der Waals surface area contributed by atoms with Gasteiger partial charge in [-0.1, -0.05) is 16.8 Å². The molecule has 6 heteroatoms. The molecule has 102 valence electrons. The van der Waals surface area contributed by atoms with Gasteiger partial charge < -0.3 is 5.32 Å². The van der Waals surface area contributed by atoms with Gasteiger partial charge >= 0.3 is 0 Å². The average molecular weight is 283 g/mol. The molecule has 1 aromatic heterocycles. The molecule has 1 aromatic carbocycles. The van der Waals surface area contributed by atoms with Gasteiger partial charge in [-0.05, 0) is 39.0 Å². The maximum atomic E-state index is 13.9. The molecule has 0 aliphatic carbocycles. The summed E-state index contributed by atoms with van der Waals surface area (Å²) in [5, 5.41) is 11.4. The smallest absolute Gasteiger partial charge is 0.150 e. The second kappa shape index (κ2) is 5.27. The van der Waals surface area contributed by atoms with Crippen molar-refractivity contribution in [1.82, 2.24) is 20.3 Å². The van der Waals surface area contributed by atoms with Crippen molar-refractivity contribution in [1.29, 1.82) is 0 Å². The number of benzene rings is 1. The number of nitrogens with zero attached hydrogens (tertiary/aromatic N) is 3. The van der Waals surface area contributed by atoms with Crippen molar-refractivity contribution in [2.75, 3.05) is 0 Å². The zero-order valence-electron chi connectivity index (χ0n) is 11.1. The van der Waals surface area contributed by atoms with E-state index in [2.05, 4.69) is 36.4 Å². The summed E-state index contributed by atoms with van der Waals surface area (Å²) in [5.74, 6) is -0.421. The van der Waals surface area contributed by atoms with E-state index in [1.54, 1.807) is 18.3 Å². The van der Waals surface area contributed by atoms with Crippen molar-refractivity contribution in [3.05, 3.63) is 40.9 Å². The first-order valence-electron chi connectivity index (χ1n) is 5.97. The van der Waals surface area contributed by atoms with Crippen LogP contribution in [-0.2, 0) is 6.54 Å². The van der Waals surface area contributed by atoms with Gasteiger partial charge in [0, 0.05) is 17.1 Å². The average Bonchev–Trinajstić information content (AvgIpc) is 2.73. The summed E-state index contributed by atoms with van der Waals surface area (Å²) in [7, 11) is 0.